The highest BCUT2D eigenvalue weighted by atomic mass is 16.4. The highest BCUT2D eigenvalue weighted by molar-refractivity contribution is 5.87. The molecule has 1 heterocycles. The van der Waals surface area contributed by atoms with Crippen molar-refractivity contribution in [1.82, 2.24) is 4.57 Å². The smallest absolute Gasteiger partial charge is 0.341 e. The van der Waals surface area contributed by atoms with E-state index in [1.165, 1.54) is 10.6 Å². The van der Waals surface area contributed by atoms with E-state index in [4.69, 9.17) is 5.11 Å². The predicted molar refractivity (Wildman–Crippen MR) is 82.6 cm³/mol. The lowest BCUT2D eigenvalue weighted by Gasteiger charge is -2.14. The number of allylic oxidation sites excluding steroid dienone is 1. The lowest BCUT2D eigenvalue weighted by Crippen LogP contribution is -2.27. The van der Waals surface area contributed by atoms with Gasteiger partial charge < -0.3 is 9.67 Å². The first-order valence-corrected chi connectivity index (χ1v) is 6.58. The molecule has 21 heavy (non-hydrogen) atoms. The lowest BCUT2D eigenvalue weighted by molar-refractivity contribution is 0.0694. The fourth-order valence-electron chi connectivity index (χ4n) is 2.14. The van der Waals surface area contributed by atoms with E-state index in [0.717, 1.165) is 16.7 Å². The Bertz CT molecular complexity index is 755. The van der Waals surface area contributed by atoms with Gasteiger partial charge in [0.1, 0.15) is 5.56 Å². The van der Waals surface area contributed by atoms with E-state index in [1.54, 1.807) is 13.0 Å². The molecule has 1 N–H and O–H groups in total. The standard InChI is InChI=1S/C17H17NO3/c1-11(2)10-18-15(13-6-4-12(3)5-7-13)9-8-14(16(18)19)17(20)21/h4-9H,1,10H2,2-3H3,(H,20,21). The van der Waals surface area contributed by atoms with Crippen LogP contribution in [0.15, 0.2) is 53.3 Å². The number of aromatic nitrogens is 1. The number of aromatic carboxylic acids is 1. The molecule has 0 fully saturated rings. The molecular formula is C17H17NO3. The Morgan fingerprint density at radius 2 is 1.81 bits per heavy atom. The zero-order chi connectivity index (χ0) is 15.6. The summed E-state index contributed by atoms with van der Waals surface area (Å²) in [6.45, 7) is 7.89. The van der Waals surface area contributed by atoms with Crippen LogP contribution in [0.3, 0.4) is 0 Å². The maximum absolute atomic E-state index is 12.3. The van der Waals surface area contributed by atoms with Gasteiger partial charge >= 0.3 is 5.97 Å². The topological polar surface area (TPSA) is 59.3 Å². The van der Waals surface area contributed by atoms with Crippen molar-refractivity contribution in [3.63, 3.8) is 0 Å². The van der Waals surface area contributed by atoms with Crippen LogP contribution in [0.2, 0.25) is 0 Å². The molecule has 2 aromatic rings. The summed E-state index contributed by atoms with van der Waals surface area (Å²) in [5.41, 5.74) is 2.72. The van der Waals surface area contributed by atoms with Crippen molar-refractivity contribution >= 4 is 5.97 Å². The number of nitrogens with zero attached hydrogens (tertiary/aromatic N) is 1. The third kappa shape index (κ3) is 3.11. The number of carboxylic acid groups (broad SMARTS) is 1. The maximum Gasteiger partial charge on any atom is 0.341 e. The van der Waals surface area contributed by atoms with Gasteiger partial charge in [-0.1, -0.05) is 42.0 Å². The number of hydrogen-bond acceptors (Lipinski definition) is 2. The number of pyridine rings is 1. The summed E-state index contributed by atoms with van der Waals surface area (Å²) < 4.78 is 1.45. The van der Waals surface area contributed by atoms with Crippen molar-refractivity contribution in [3.8, 4) is 11.3 Å². The Morgan fingerprint density at radius 3 is 2.33 bits per heavy atom. The largest absolute Gasteiger partial charge is 0.477 e. The van der Waals surface area contributed by atoms with Gasteiger partial charge in [0.05, 0.1) is 5.69 Å². The van der Waals surface area contributed by atoms with Crippen LogP contribution in [-0.2, 0) is 6.54 Å². The van der Waals surface area contributed by atoms with Gasteiger partial charge in [-0.2, -0.15) is 0 Å². The SMILES string of the molecule is C=C(C)Cn1c(-c2ccc(C)cc2)ccc(C(=O)O)c1=O. The van der Waals surface area contributed by atoms with Crippen molar-refractivity contribution in [3.05, 3.63) is 70.0 Å². The average Bonchev–Trinajstić information content (AvgIpc) is 2.41. The van der Waals surface area contributed by atoms with Crippen LogP contribution in [-0.4, -0.2) is 15.6 Å². The minimum Gasteiger partial charge on any atom is -0.477 e. The van der Waals surface area contributed by atoms with E-state index in [2.05, 4.69) is 6.58 Å². The van der Waals surface area contributed by atoms with Crippen LogP contribution < -0.4 is 5.56 Å². The highest BCUT2D eigenvalue weighted by Crippen LogP contribution is 2.20. The van der Waals surface area contributed by atoms with E-state index in [-0.39, 0.29) is 5.56 Å². The Balaban J connectivity index is 2.68. The quantitative estimate of drug-likeness (QED) is 0.877. The second-order valence-corrected chi connectivity index (χ2v) is 5.15. The summed E-state index contributed by atoms with van der Waals surface area (Å²) in [6.07, 6.45) is 0. The summed E-state index contributed by atoms with van der Waals surface area (Å²) in [7, 11) is 0. The first-order valence-electron chi connectivity index (χ1n) is 6.58. The number of carboxylic acids is 1. The van der Waals surface area contributed by atoms with Crippen molar-refractivity contribution < 1.29 is 9.90 Å². The van der Waals surface area contributed by atoms with Crippen molar-refractivity contribution in [2.24, 2.45) is 0 Å². The molecule has 0 spiro atoms. The molecule has 1 aromatic heterocycles. The second kappa shape index (κ2) is 5.79. The molecular weight excluding hydrogens is 266 g/mol. The normalized spacial score (nSPS) is 10.4. The Morgan fingerprint density at radius 1 is 1.19 bits per heavy atom. The Labute approximate surface area is 123 Å². The van der Waals surface area contributed by atoms with Crippen LogP contribution in [0.25, 0.3) is 11.3 Å². The maximum atomic E-state index is 12.3. The summed E-state index contributed by atoms with van der Waals surface area (Å²) in [5.74, 6) is -1.22. The van der Waals surface area contributed by atoms with E-state index in [1.807, 2.05) is 31.2 Å². The van der Waals surface area contributed by atoms with E-state index in [0.29, 0.717) is 12.2 Å². The zero-order valence-electron chi connectivity index (χ0n) is 12.1. The molecule has 108 valence electrons. The lowest BCUT2D eigenvalue weighted by atomic mass is 10.1. The molecule has 2 rings (SSSR count). The molecule has 0 radical (unpaired) electrons. The third-order valence-electron chi connectivity index (χ3n) is 3.18. The zero-order valence-corrected chi connectivity index (χ0v) is 12.1. The minimum absolute atomic E-state index is 0.230. The van der Waals surface area contributed by atoms with Crippen LogP contribution in [0.1, 0.15) is 22.8 Å². The van der Waals surface area contributed by atoms with Crippen LogP contribution >= 0.6 is 0 Å². The average molecular weight is 283 g/mol. The number of benzene rings is 1. The van der Waals surface area contributed by atoms with E-state index >= 15 is 0 Å². The molecule has 0 saturated carbocycles. The third-order valence-corrected chi connectivity index (χ3v) is 3.18. The number of rotatable bonds is 4. The van der Waals surface area contributed by atoms with Gasteiger partial charge in [0.2, 0.25) is 0 Å². The van der Waals surface area contributed by atoms with Gasteiger partial charge in [0.15, 0.2) is 0 Å². The van der Waals surface area contributed by atoms with Gasteiger partial charge in [0, 0.05) is 6.54 Å². The Hall–Kier alpha value is -2.62. The molecule has 4 nitrogen and oxygen atoms in total. The van der Waals surface area contributed by atoms with Crippen molar-refractivity contribution in [1.29, 1.82) is 0 Å². The van der Waals surface area contributed by atoms with Gasteiger partial charge in [-0.25, -0.2) is 4.79 Å². The fraction of sp³-hybridized carbons (Fsp3) is 0.176. The summed E-state index contributed by atoms with van der Waals surface area (Å²) in [4.78, 5) is 23.5. The first kappa shape index (κ1) is 14.8. The molecule has 0 unspecified atom stereocenters. The monoisotopic (exact) mass is 283 g/mol. The predicted octanol–water partition coefficient (Wildman–Crippen LogP) is 3.10. The molecule has 0 aliphatic rings. The van der Waals surface area contributed by atoms with E-state index in [9.17, 15) is 9.59 Å². The Kier molecular flexibility index (Phi) is 4.08. The van der Waals surface area contributed by atoms with Gasteiger partial charge in [0.25, 0.3) is 5.56 Å². The molecule has 0 aliphatic heterocycles. The van der Waals surface area contributed by atoms with E-state index < -0.39 is 11.5 Å². The van der Waals surface area contributed by atoms with Crippen molar-refractivity contribution in [2.75, 3.05) is 0 Å². The number of hydrogen-bond donors (Lipinski definition) is 1. The van der Waals surface area contributed by atoms with Gasteiger partial charge in [-0.05, 0) is 31.5 Å². The summed E-state index contributed by atoms with van der Waals surface area (Å²) >= 11 is 0. The molecule has 0 saturated heterocycles. The number of aryl methyl sites for hydroxylation is 1. The fourth-order valence-corrected chi connectivity index (χ4v) is 2.14. The number of carbonyl (C=O) groups is 1. The summed E-state index contributed by atoms with van der Waals surface area (Å²) in [6, 6.07) is 10.8. The molecule has 0 aliphatic carbocycles. The first-order chi connectivity index (χ1) is 9.90. The molecule has 0 bridgehead atoms. The second-order valence-electron chi connectivity index (χ2n) is 5.15. The van der Waals surface area contributed by atoms with Crippen LogP contribution in [0.5, 0.6) is 0 Å². The molecule has 1 aromatic carbocycles. The van der Waals surface area contributed by atoms with Crippen LogP contribution in [0.4, 0.5) is 0 Å². The molecule has 0 atom stereocenters. The molecule has 0 amide bonds. The van der Waals surface area contributed by atoms with Crippen LogP contribution in [0, 0.1) is 6.92 Å². The van der Waals surface area contributed by atoms with Crippen molar-refractivity contribution in [2.45, 2.75) is 20.4 Å². The minimum atomic E-state index is -1.22. The highest BCUT2D eigenvalue weighted by Gasteiger charge is 2.15. The van der Waals surface area contributed by atoms with Gasteiger partial charge in [-0.3, -0.25) is 4.79 Å². The molecule has 4 heteroatoms. The summed E-state index contributed by atoms with van der Waals surface area (Å²) in [5, 5.41) is 9.09. The van der Waals surface area contributed by atoms with Gasteiger partial charge in [-0.15, -0.1) is 0 Å².